The predicted octanol–water partition coefficient (Wildman–Crippen LogP) is 3.35. The van der Waals surface area contributed by atoms with E-state index in [2.05, 4.69) is 9.97 Å². The number of hydrogen-bond acceptors (Lipinski definition) is 7. The largest absolute Gasteiger partial charge is 0.490 e. The van der Waals surface area contributed by atoms with E-state index in [0.717, 1.165) is 22.3 Å². The Labute approximate surface area is 171 Å². The molecule has 1 atom stereocenters. The summed E-state index contributed by atoms with van der Waals surface area (Å²) in [6.07, 6.45) is 4.70. The lowest BCUT2D eigenvalue weighted by atomic mass is 9.81. The Hall–Kier alpha value is -2.80. The lowest BCUT2D eigenvalue weighted by Gasteiger charge is -2.37. The van der Waals surface area contributed by atoms with E-state index < -0.39 is 11.2 Å². The Bertz CT molecular complexity index is 951. The quantitative estimate of drug-likeness (QED) is 0.683. The summed E-state index contributed by atoms with van der Waals surface area (Å²) in [6, 6.07) is 3.96. The van der Waals surface area contributed by atoms with Gasteiger partial charge in [-0.2, -0.15) is 4.98 Å². The summed E-state index contributed by atoms with van der Waals surface area (Å²) in [6.45, 7) is 10.1. The second-order valence-electron chi connectivity index (χ2n) is 8.11. The summed E-state index contributed by atoms with van der Waals surface area (Å²) in [4.78, 5) is 8.09. The molecule has 3 rings (SSSR count). The van der Waals surface area contributed by atoms with Gasteiger partial charge in [-0.15, -0.1) is 0 Å². The zero-order chi connectivity index (χ0) is 21.4. The first-order chi connectivity index (χ1) is 13.6. The van der Waals surface area contributed by atoms with E-state index in [1.807, 2.05) is 52.8 Å². The summed E-state index contributed by atoms with van der Waals surface area (Å²) < 4.78 is 12.1. The number of aromatic nitrogens is 2. The van der Waals surface area contributed by atoms with Crippen LogP contribution in [0.15, 0.2) is 24.4 Å². The van der Waals surface area contributed by atoms with Gasteiger partial charge in [0.15, 0.2) is 11.5 Å². The molecule has 1 aromatic carbocycles. The molecule has 0 aliphatic carbocycles. The fourth-order valence-electron chi connectivity index (χ4n) is 3.47. The SMILES string of the molecule is CCOc1cc(Cc2cnc(N)nc2N)cc2c1OC(C)(C)C=C2C(C)(O)CC. The summed E-state index contributed by atoms with van der Waals surface area (Å²) in [7, 11) is 0. The van der Waals surface area contributed by atoms with Gasteiger partial charge >= 0.3 is 0 Å². The highest BCUT2D eigenvalue weighted by Crippen LogP contribution is 2.47. The normalized spacial score (nSPS) is 17.0. The Balaban J connectivity index is 2.15. The fourth-order valence-corrected chi connectivity index (χ4v) is 3.47. The van der Waals surface area contributed by atoms with E-state index in [0.29, 0.717) is 36.8 Å². The maximum absolute atomic E-state index is 11.1. The molecule has 0 saturated heterocycles. The van der Waals surface area contributed by atoms with E-state index in [1.165, 1.54) is 0 Å². The molecule has 156 valence electrons. The second kappa shape index (κ2) is 7.55. The number of rotatable bonds is 6. The fraction of sp³-hybridized carbons (Fsp3) is 0.455. The van der Waals surface area contributed by atoms with Gasteiger partial charge < -0.3 is 26.0 Å². The van der Waals surface area contributed by atoms with Crippen molar-refractivity contribution in [2.24, 2.45) is 0 Å². The maximum Gasteiger partial charge on any atom is 0.221 e. The van der Waals surface area contributed by atoms with Crippen LogP contribution in [0.2, 0.25) is 0 Å². The van der Waals surface area contributed by atoms with Gasteiger partial charge in [-0.1, -0.05) is 6.92 Å². The molecule has 2 heterocycles. The molecule has 0 amide bonds. The molecule has 2 aromatic rings. The Morgan fingerprint density at radius 2 is 1.97 bits per heavy atom. The average Bonchev–Trinajstić information content (AvgIpc) is 2.64. The lowest BCUT2D eigenvalue weighted by Crippen LogP contribution is -2.35. The number of anilines is 2. The van der Waals surface area contributed by atoms with Crippen LogP contribution in [-0.2, 0) is 6.42 Å². The van der Waals surface area contributed by atoms with Gasteiger partial charge in [-0.3, -0.25) is 0 Å². The Kier molecular flexibility index (Phi) is 5.45. The number of nitrogens with two attached hydrogens (primary N) is 2. The van der Waals surface area contributed by atoms with Crippen LogP contribution in [0.25, 0.3) is 5.57 Å². The number of hydrogen-bond donors (Lipinski definition) is 3. The second-order valence-corrected chi connectivity index (χ2v) is 8.11. The van der Waals surface area contributed by atoms with Gasteiger partial charge in [0.05, 0.1) is 12.2 Å². The van der Waals surface area contributed by atoms with Crippen molar-refractivity contribution < 1.29 is 14.6 Å². The van der Waals surface area contributed by atoms with Crippen LogP contribution in [0.5, 0.6) is 11.5 Å². The van der Waals surface area contributed by atoms with Crippen molar-refractivity contribution in [3.05, 3.63) is 41.1 Å². The van der Waals surface area contributed by atoms with Crippen LogP contribution < -0.4 is 20.9 Å². The summed E-state index contributed by atoms with van der Waals surface area (Å²) in [5.41, 5.74) is 13.4. The van der Waals surface area contributed by atoms with Gasteiger partial charge in [0, 0.05) is 23.7 Å². The number of benzene rings is 1. The van der Waals surface area contributed by atoms with Crippen molar-refractivity contribution in [2.75, 3.05) is 18.1 Å². The first-order valence-electron chi connectivity index (χ1n) is 9.88. The molecular formula is C22H30N4O3. The standard InChI is InChI=1S/C22H30N4O3/c1-6-22(5,27)16-11-21(3,4)29-18-15(16)9-13(10-17(18)28-7-2)8-14-12-25-20(24)26-19(14)23/h9-12,27H,6-8H2,1-5H3,(H4,23,24,25,26). The van der Waals surface area contributed by atoms with Crippen molar-refractivity contribution in [1.82, 2.24) is 9.97 Å². The minimum absolute atomic E-state index is 0.145. The van der Waals surface area contributed by atoms with Gasteiger partial charge in [0.25, 0.3) is 0 Å². The maximum atomic E-state index is 11.1. The molecule has 0 bridgehead atoms. The third-order valence-corrected chi connectivity index (χ3v) is 5.14. The third kappa shape index (κ3) is 4.29. The van der Waals surface area contributed by atoms with Gasteiger partial charge in [-0.25, -0.2) is 4.98 Å². The number of nitrogen functional groups attached to an aromatic ring is 2. The summed E-state index contributed by atoms with van der Waals surface area (Å²) >= 11 is 0. The molecule has 1 unspecified atom stereocenters. The molecule has 7 heteroatoms. The van der Waals surface area contributed by atoms with E-state index in [-0.39, 0.29) is 5.95 Å². The Morgan fingerprint density at radius 1 is 1.24 bits per heavy atom. The molecule has 0 radical (unpaired) electrons. The molecule has 0 fully saturated rings. The van der Waals surface area contributed by atoms with E-state index >= 15 is 0 Å². The number of ether oxygens (including phenoxy) is 2. The van der Waals surface area contributed by atoms with Crippen LogP contribution in [0.4, 0.5) is 11.8 Å². The average molecular weight is 399 g/mol. The summed E-state index contributed by atoms with van der Waals surface area (Å²) in [5, 5.41) is 11.1. The van der Waals surface area contributed by atoms with Crippen LogP contribution in [-0.4, -0.2) is 32.9 Å². The van der Waals surface area contributed by atoms with Crippen LogP contribution in [0, 0.1) is 0 Å². The highest BCUT2D eigenvalue weighted by molar-refractivity contribution is 5.81. The van der Waals surface area contributed by atoms with Crippen molar-refractivity contribution in [1.29, 1.82) is 0 Å². The number of aliphatic hydroxyl groups is 1. The van der Waals surface area contributed by atoms with Gasteiger partial charge in [-0.05, 0) is 63.5 Å². The molecule has 1 aromatic heterocycles. The highest BCUT2D eigenvalue weighted by Gasteiger charge is 2.36. The highest BCUT2D eigenvalue weighted by atomic mass is 16.5. The lowest BCUT2D eigenvalue weighted by molar-refractivity contribution is 0.106. The summed E-state index contributed by atoms with van der Waals surface area (Å²) in [5.74, 6) is 1.78. The molecular weight excluding hydrogens is 368 g/mol. The topological polar surface area (TPSA) is 117 Å². The van der Waals surface area contributed by atoms with Crippen LogP contribution in [0.3, 0.4) is 0 Å². The smallest absolute Gasteiger partial charge is 0.221 e. The first kappa shape index (κ1) is 20.9. The molecule has 5 N–H and O–H groups in total. The van der Waals surface area contributed by atoms with E-state index in [9.17, 15) is 5.11 Å². The van der Waals surface area contributed by atoms with Crippen molar-refractivity contribution in [3.63, 3.8) is 0 Å². The Morgan fingerprint density at radius 3 is 2.59 bits per heavy atom. The van der Waals surface area contributed by atoms with Crippen molar-refractivity contribution in [3.8, 4) is 11.5 Å². The predicted molar refractivity (Wildman–Crippen MR) is 115 cm³/mol. The molecule has 0 saturated carbocycles. The minimum atomic E-state index is -0.999. The molecule has 1 aliphatic heterocycles. The number of fused-ring (bicyclic) bond motifs is 1. The van der Waals surface area contributed by atoms with Crippen molar-refractivity contribution in [2.45, 2.75) is 58.7 Å². The first-order valence-corrected chi connectivity index (χ1v) is 9.88. The molecule has 0 spiro atoms. The minimum Gasteiger partial charge on any atom is -0.490 e. The van der Waals surface area contributed by atoms with Crippen LogP contribution >= 0.6 is 0 Å². The van der Waals surface area contributed by atoms with Gasteiger partial charge in [0.1, 0.15) is 11.4 Å². The number of nitrogens with zero attached hydrogens (tertiary/aromatic N) is 2. The molecule has 1 aliphatic rings. The molecule has 29 heavy (non-hydrogen) atoms. The zero-order valence-electron chi connectivity index (χ0n) is 17.7. The van der Waals surface area contributed by atoms with Crippen LogP contribution in [0.1, 0.15) is 57.7 Å². The molecule has 7 nitrogen and oxygen atoms in total. The monoisotopic (exact) mass is 398 g/mol. The van der Waals surface area contributed by atoms with Gasteiger partial charge in [0.2, 0.25) is 5.95 Å². The van der Waals surface area contributed by atoms with E-state index in [1.54, 1.807) is 6.20 Å². The van der Waals surface area contributed by atoms with E-state index in [4.69, 9.17) is 20.9 Å². The third-order valence-electron chi connectivity index (χ3n) is 5.14. The van der Waals surface area contributed by atoms with Crippen molar-refractivity contribution >= 4 is 17.3 Å². The zero-order valence-corrected chi connectivity index (χ0v) is 17.7.